The molecule has 0 saturated heterocycles. The number of rotatable bonds is 5. The third-order valence-electron chi connectivity index (χ3n) is 3.89. The normalized spacial score (nSPS) is 12.2. The van der Waals surface area contributed by atoms with Crippen LogP contribution in [0, 0.1) is 6.92 Å². The minimum Gasteiger partial charge on any atom is -0.459 e. The summed E-state index contributed by atoms with van der Waals surface area (Å²) in [5.74, 6) is -0.604. The Kier molecular flexibility index (Phi) is 4.76. The third kappa shape index (κ3) is 3.23. The first-order valence-corrected chi connectivity index (χ1v) is 8.66. The van der Waals surface area contributed by atoms with Crippen LogP contribution >= 0.6 is 11.3 Å². The van der Waals surface area contributed by atoms with E-state index in [1.54, 1.807) is 4.40 Å². The lowest BCUT2D eigenvalue weighted by molar-refractivity contribution is -0.147. The molecule has 0 aliphatic heterocycles. The quantitative estimate of drug-likeness (QED) is 0.668. The molecule has 124 valence electrons. The van der Waals surface area contributed by atoms with Crippen LogP contribution in [0.3, 0.4) is 0 Å². The summed E-state index contributed by atoms with van der Waals surface area (Å²) in [7, 11) is 0. The Morgan fingerprint density at radius 3 is 2.79 bits per heavy atom. The van der Waals surface area contributed by atoms with Gasteiger partial charge in [0, 0.05) is 17.1 Å². The number of ether oxygens (including phenoxy) is 1. The molecule has 0 unspecified atom stereocenters. The van der Waals surface area contributed by atoms with Crippen LogP contribution in [0.2, 0.25) is 0 Å². The van der Waals surface area contributed by atoms with Gasteiger partial charge in [0.15, 0.2) is 4.96 Å². The largest absolute Gasteiger partial charge is 0.459 e. The number of carbonyl (C=O) groups excluding carboxylic acids is 1. The molecule has 3 rings (SSSR count). The molecule has 0 spiro atoms. The molecule has 0 radical (unpaired) electrons. The molecule has 0 aliphatic rings. The van der Waals surface area contributed by atoms with E-state index >= 15 is 0 Å². The zero-order valence-electron chi connectivity index (χ0n) is 13.6. The Hall–Kier alpha value is -2.47. The van der Waals surface area contributed by atoms with Gasteiger partial charge >= 0.3 is 5.97 Å². The molecule has 6 heteroatoms. The van der Waals surface area contributed by atoms with E-state index in [4.69, 9.17) is 4.74 Å². The number of aryl methyl sites for hydroxylation is 1. The fraction of sp³-hybridized carbons (Fsp3) is 0.278. The SMILES string of the molecule is CC[C@@H](C(=O)OCc1cc(=O)n2c(C)csc2n1)c1ccccc1. The minimum atomic E-state index is -0.306. The molecule has 0 saturated carbocycles. The summed E-state index contributed by atoms with van der Waals surface area (Å²) in [5.41, 5.74) is 2.10. The van der Waals surface area contributed by atoms with Gasteiger partial charge in [0.2, 0.25) is 0 Å². The van der Waals surface area contributed by atoms with Crippen molar-refractivity contribution >= 4 is 22.3 Å². The van der Waals surface area contributed by atoms with Gasteiger partial charge in [-0.2, -0.15) is 0 Å². The maximum Gasteiger partial charge on any atom is 0.313 e. The van der Waals surface area contributed by atoms with E-state index in [1.807, 2.05) is 49.6 Å². The van der Waals surface area contributed by atoms with E-state index in [2.05, 4.69) is 4.98 Å². The molecule has 0 aliphatic carbocycles. The summed E-state index contributed by atoms with van der Waals surface area (Å²) >= 11 is 1.40. The molecule has 1 aromatic carbocycles. The van der Waals surface area contributed by atoms with Gasteiger partial charge in [0.05, 0.1) is 11.6 Å². The van der Waals surface area contributed by atoms with Crippen molar-refractivity contribution < 1.29 is 9.53 Å². The van der Waals surface area contributed by atoms with Crippen molar-refractivity contribution in [2.75, 3.05) is 0 Å². The van der Waals surface area contributed by atoms with Crippen LogP contribution in [0.1, 0.15) is 36.2 Å². The van der Waals surface area contributed by atoms with E-state index in [1.165, 1.54) is 17.4 Å². The molecule has 0 fully saturated rings. The Morgan fingerprint density at radius 2 is 2.08 bits per heavy atom. The van der Waals surface area contributed by atoms with Gasteiger partial charge in [-0.3, -0.25) is 14.0 Å². The van der Waals surface area contributed by atoms with Crippen LogP contribution in [0.15, 0.2) is 46.6 Å². The first-order valence-electron chi connectivity index (χ1n) is 7.78. The molecule has 0 amide bonds. The number of carbonyl (C=O) groups is 1. The number of aromatic nitrogens is 2. The number of benzene rings is 1. The fourth-order valence-electron chi connectivity index (χ4n) is 2.64. The molecule has 1 atom stereocenters. The highest BCUT2D eigenvalue weighted by molar-refractivity contribution is 7.15. The molecule has 0 bridgehead atoms. The Labute approximate surface area is 143 Å². The molecule has 2 heterocycles. The summed E-state index contributed by atoms with van der Waals surface area (Å²) in [5, 5.41) is 1.88. The van der Waals surface area contributed by atoms with E-state index in [9.17, 15) is 9.59 Å². The van der Waals surface area contributed by atoms with Crippen LogP contribution in [0.25, 0.3) is 4.96 Å². The molecule has 24 heavy (non-hydrogen) atoms. The monoisotopic (exact) mass is 342 g/mol. The van der Waals surface area contributed by atoms with Crippen LogP contribution in [0.5, 0.6) is 0 Å². The van der Waals surface area contributed by atoms with E-state index in [-0.39, 0.29) is 24.1 Å². The van der Waals surface area contributed by atoms with Gasteiger partial charge in [-0.05, 0) is 18.9 Å². The van der Waals surface area contributed by atoms with Crippen molar-refractivity contribution in [1.29, 1.82) is 0 Å². The molecule has 0 N–H and O–H groups in total. The molecule has 2 aromatic heterocycles. The van der Waals surface area contributed by atoms with Crippen molar-refractivity contribution in [2.24, 2.45) is 0 Å². The number of nitrogens with zero attached hydrogens (tertiary/aromatic N) is 2. The Bertz CT molecular complexity index is 915. The second-order valence-corrected chi connectivity index (χ2v) is 6.40. The maximum absolute atomic E-state index is 12.4. The molecular weight excluding hydrogens is 324 g/mol. The molecule has 3 aromatic rings. The van der Waals surface area contributed by atoms with Crippen molar-refractivity contribution in [3.05, 3.63) is 69.1 Å². The lowest BCUT2D eigenvalue weighted by Gasteiger charge is -2.14. The zero-order chi connectivity index (χ0) is 17.1. The number of thiazole rings is 1. The topological polar surface area (TPSA) is 60.7 Å². The van der Waals surface area contributed by atoms with E-state index in [0.29, 0.717) is 17.1 Å². The highest BCUT2D eigenvalue weighted by atomic mass is 32.1. The number of esters is 1. The van der Waals surface area contributed by atoms with Crippen molar-refractivity contribution in [3.8, 4) is 0 Å². The van der Waals surface area contributed by atoms with Crippen molar-refractivity contribution in [1.82, 2.24) is 9.38 Å². The van der Waals surface area contributed by atoms with Crippen LogP contribution < -0.4 is 5.56 Å². The smallest absolute Gasteiger partial charge is 0.313 e. The van der Waals surface area contributed by atoms with Crippen LogP contribution in [-0.4, -0.2) is 15.4 Å². The van der Waals surface area contributed by atoms with Crippen molar-refractivity contribution in [2.45, 2.75) is 32.8 Å². The first-order chi connectivity index (χ1) is 11.6. The van der Waals surface area contributed by atoms with Crippen LogP contribution in [0.4, 0.5) is 0 Å². The minimum absolute atomic E-state index is 0.00482. The highest BCUT2D eigenvalue weighted by Crippen LogP contribution is 2.21. The van der Waals surface area contributed by atoms with Gasteiger partial charge in [-0.25, -0.2) is 4.98 Å². The summed E-state index contributed by atoms with van der Waals surface area (Å²) in [4.78, 5) is 29.5. The van der Waals surface area contributed by atoms with Gasteiger partial charge in [-0.1, -0.05) is 37.3 Å². The second kappa shape index (κ2) is 6.97. The van der Waals surface area contributed by atoms with Gasteiger partial charge in [0.1, 0.15) is 6.61 Å². The average molecular weight is 342 g/mol. The summed E-state index contributed by atoms with van der Waals surface area (Å²) in [6, 6.07) is 11.0. The predicted molar refractivity (Wildman–Crippen MR) is 93.3 cm³/mol. The summed E-state index contributed by atoms with van der Waals surface area (Å²) in [6.45, 7) is 3.81. The number of hydrogen-bond acceptors (Lipinski definition) is 5. The zero-order valence-corrected chi connectivity index (χ0v) is 14.4. The fourth-order valence-corrected chi connectivity index (χ4v) is 3.54. The lowest BCUT2D eigenvalue weighted by atomic mass is 9.97. The molecule has 5 nitrogen and oxygen atoms in total. The third-order valence-corrected chi connectivity index (χ3v) is 4.83. The molecular formula is C18H18N2O3S. The van der Waals surface area contributed by atoms with Gasteiger partial charge in [-0.15, -0.1) is 11.3 Å². The predicted octanol–water partition coefficient (Wildman–Crippen LogP) is 3.30. The van der Waals surface area contributed by atoms with Crippen molar-refractivity contribution in [3.63, 3.8) is 0 Å². The van der Waals surface area contributed by atoms with Gasteiger partial charge in [0.25, 0.3) is 5.56 Å². The number of hydrogen-bond donors (Lipinski definition) is 0. The maximum atomic E-state index is 12.4. The van der Waals surface area contributed by atoms with E-state index < -0.39 is 0 Å². The number of fused-ring (bicyclic) bond motifs is 1. The van der Waals surface area contributed by atoms with Crippen LogP contribution in [-0.2, 0) is 16.1 Å². The highest BCUT2D eigenvalue weighted by Gasteiger charge is 2.20. The first kappa shape index (κ1) is 16.4. The summed E-state index contributed by atoms with van der Waals surface area (Å²) < 4.78 is 6.95. The lowest BCUT2D eigenvalue weighted by Crippen LogP contribution is -2.18. The van der Waals surface area contributed by atoms with E-state index in [0.717, 1.165) is 11.3 Å². The average Bonchev–Trinajstić information content (AvgIpc) is 2.96. The van der Waals surface area contributed by atoms with Gasteiger partial charge < -0.3 is 4.74 Å². The standard InChI is InChI=1S/C18H18N2O3S/c1-3-15(13-7-5-4-6-8-13)17(22)23-10-14-9-16(21)20-12(2)11-24-18(20)19-14/h4-9,11,15H,3,10H2,1-2H3/t15-/m1/s1. The second-order valence-electron chi connectivity index (χ2n) is 5.56. The Morgan fingerprint density at radius 1 is 1.33 bits per heavy atom. The Balaban J connectivity index is 1.75. The summed E-state index contributed by atoms with van der Waals surface area (Å²) in [6.07, 6.45) is 0.655.